The summed E-state index contributed by atoms with van der Waals surface area (Å²) in [5, 5.41) is 0. The lowest BCUT2D eigenvalue weighted by atomic mass is 10.0. The van der Waals surface area contributed by atoms with Crippen LogP contribution in [0.1, 0.15) is 32.1 Å². The number of nitrogens with zero attached hydrogens (tertiary/aromatic N) is 4. The third-order valence-corrected chi connectivity index (χ3v) is 6.47. The van der Waals surface area contributed by atoms with Crippen LogP contribution in [0.4, 0.5) is 5.69 Å². The van der Waals surface area contributed by atoms with E-state index in [4.69, 9.17) is 0 Å². The molecule has 3 heterocycles. The standard InChI is InChI=1S/C22H32N4O2/c27-21-9-5-11-25(21)13-10-22(28)26-12-4-8-20(18-26)24-16-14-23(15-17-24)19-6-2-1-3-7-19/h1-3,6-7,20H,4-5,8-18H2/t20-/m0/s1. The first kappa shape index (κ1) is 19.2. The van der Waals surface area contributed by atoms with Gasteiger partial charge in [-0.2, -0.15) is 0 Å². The molecule has 6 heteroatoms. The maximum atomic E-state index is 12.7. The Morgan fingerprint density at radius 1 is 0.964 bits per heavy atom. The van der Waals surface area contributed by atoms with E-state index in [2.05, 4.69) is 40.1 Å². The number of carbonyl (C=O) groups is 2. The Hall–Kier alpha value is -2.08. The van der Waals surface area contributed by atoms with E-state index in [1.54, 1.807) is 0 Å². The SMILES string of the molecule is O=C1CCCN1CCC(=O)N1CCC[C@H](N2CCN(c3ccccc3)CC2)C1. The maximum absolute atomic E-state index is 12.7. The van der Waals surface area contributed by atoms with Crippen molar-refractivity contribution in [1.82, 2.24) is 14.7 Å². The topological polar surface area (TPSA) is 47.1 Å². The minimum absolute atomic E-state index is 0.209. The van der Waals surface area contributed by atoms with E-state index in [9.17, 15) is 9.59 Å². The van der Waals surface area contributed by atoms with Crippen molar-refractivity contribution in [1.29, 1.82) is 0 Å². The van der Waals surface area contributed by atoms with E-state index in [1.165, 1.54) is 12.1 Å². The average Bonchev–Trinajstić information content (AvgIpc) is 3.17. The Morgan fingerprint density at radius 3 is 2.46 bits per heavy atom. The van der Waals surface area contributed by atoms with Gasteiger partial charge in [-0.1, -0.05) is 18.2 Å². The second kappa shape index (κ2) is 8.95. The van der Waals surface area contributed by atoms with E-state index < -0.39 is 0 Å². The van der Waals surface area contributed by atoms with Gasteiger partial charge in [0.25, 0.3) is 0 Å². The Labute approximate surface area is 168 Å². The molecule has 1 aromatic carbocycles. The third-order valence-electron chi connectivity index (χ3n) is 6.47. The summed E-state index contributed by atoms with van der Waals surface area (Å²) in [4.78, 5) is 33.3. The number of benzene rings is 1. The Kier molecular flexibility index (Phi) is 6.15. The van der Waals surface area contributed by atoms with Crippen molar-refractivity contribution in [3.8, 4) is 0 Å². The van der Waals surface area contributed by atoms with E-state index in [-0.39, 0.29) is 11.8 Å². The highest BCUT2D eigenvalue weighted by molar-refractivity contribution is 5.80. The number of hydrogen-bond donors (Lipinski definition) is 0. The second-order valence-corrected chi connectivity index (χ2v) is 8.23. The predicted octanol–water partition coefficient (Wildman–Crippen LogP) is 1.81. The molecule has 1 atom stereocenters. The summed E-state index contributed by atoms with van der Waals surface area (Å²) in [5.41, 5.74) is 1.30. The minimum atomic E-state index is 0.209. The smallest absolute Gasteiger partial charge is 0.224 e. The number of rotatable bonds is 5. The number of amides is 2. The number of para-hydroxylation sites is 1. The van der Waals surface area contributed by atoms with Gasteiger partial charge in [-0.05, 0) is 31.4 Å². The summed E-state index contributed by atoms with van der Waals surface area (Å²) < 4.78 is 0. The zero-order chi connectivity index (χ0) is 19.3. The van der Waals surface area contributed by atoms with Crippen LogP contribution in [0.5, 0.6) is 0 Å². The molecular weight excluding hydrogens is 352 g/mol. The van der Waals surface area contributed by atoms with E-state index in [1.807, 2.05) is 9.80 Å². The van der Waals surface area contributed by atoms with Gasteiger partial charge in [0.2, 0.25) is 11.8 Å². The molecule has 3 aliphatic rings. The molecule has 0 radical (unpaired) electrons. The van der Waals surface area contributed by atoms with Crippen molar-refractivity contribution in [2.24, 2.45) is 0 Å². The second-order valence-electron chi connectivity index (χ2n) is 8.23. The Morgan fingerprint density at radius 2 is 1.75 bits per heavy atom. The molecule has 2 amide bonds. The quantitative estimate of drug-likeness (QED) is 0.777. The Balaban J connectivity index is 1.25. The van der Waals surface area contributed by atoms with Crippen LogP contribution in [0.25, 0.3) is 0 Å². The number of anilines is 1. The van der Waals surface area contributed by atoms with Crippen LogP contribution in [-0.2, 0) is 9.59 Å². The van der Waals surface area contributed by atoms with Gasteiger partial charge in [-0.15, -0.1) is 0 Å². The lowest BCUT2D eigenvalue weighted by Crippen LogP contribution is -2.56. The molecule has 3 aliphatic heterocycles. The number of carbonyl (C=O) groups excluding carboxylic acids is 2. The van der Waals surface area contributed by atoms with Crippen molar-refractivity contribution in [2.75, 3.05) is 57.3 Å². The molecule has 0 unspecified atom stereocenters. The fraction of sp³-hybridized carbons (Fsp3) is 0.636. The van der Waals surface area contributed by atoms with Crippen LogP contribution < -0.4 is 4.90 Å². The molecule has 6 nitrogen and oxygen atoms in total. The van der Waals surface area contributed by atoms with Crippen molar-refractivity contribution < 1.29 is 9.59 Å². The summed E-state index contributed by atoms with van der Waals surface area (Å²) in [6, 6.07) is 11.1. The fourth-order valence-electron chi connectivity index (χ4n) is 4.79. The Bertz CT molecular complexity index is 672. The molecule has 0 spiro atoms. The van der Waals surface area contributed by atoms with Gasteiger partial charge in [-0.3, -0.25) is 14.5 Å². The number of likely N-dealkylation sites (tertiary alicyclic amines) is 2. The van der Waals surface area contributed by atoms with E-state index >= 15 is 0 Å². The van der Waals surface area contributed by atoms with Crippen LogP contribution in [0.15, 0.2) is 30.3 Å². The summed E-state index contributed by atoms with van der Waals surface area (Å²) in [5.74, 6) is 0.424. The minimum Gasteiger partial charge on any atom is -0.369 e. The predicted molar refractivity (Wildman–Crippen MR) is 110 cm³/mol. The van der Waals surface area contributed by atoms with Crippen LogP contribution >= 0.6 is 0 Å². The van der Waals surface area contributed by atoms with Gasteiger partial charge >= 0.3 is 0 Å². The molecule has 0 N–H and O–H groups in total. The molecule has 152 valence electrons. The lowest BCUT2D eigenvalue weighted by molar-refractivity contribution is -0.134. The molecular formula is C22H32N4O2. The number of hydrogen-bond acceptors (Lipinski definition) is 4. The number of piperazine rings is 1. The third kappa shape index (κ3) is 4.49. The molecule has 3 saturated heterocycles. The lowest BCUT2D eigenvalue weighted by Gasteiger charge is -2.44. The highest BCUT2D eigenvalue weighted by atomic mass is 16.2. The first-order valence-electron chi connectivity index (χ1n) is 10.8. The monoisotopic (exact) mass is 384 g/mol. The summed E-state index contributed by atoms with van der Waals surface area (Å²) in [6.45, 7) is 7.34. The first-order valence-corrected chi connectivity index (χ1v) is 10.8. The van der Waals surface area contributed by atoms with Crippen LogP contribution in [-0.4, -0.2) is 84.9 Å². The zero-order valence-electron chi connectivity index (χ0n) is 16.8. The van der Waals surface area contributed by atoms with E-state index in [0.717, 1.165) is 58.7 Å². The summed E-state index contributed by atoms with van der Waals surface area (Å²) >= 11 is 0. The molecule has 0 bridgehead atoms. The van der Waals surface area contributed by atoms with Crippen molar-refractivity contribution >= 4 is 17.5 Å². The van der Waals surface area contributed by atoms with Gasteiger partial charge in [0.1, 0.15) is 0 Å². The first-order chi connectivity index (χ1) is 13.7. The molecule has 28 heavy (non-hydrogen) atoms. The van der Waals surface area contributed by atoms with E-state index in [0.29, 0.717) is 25.4 Å². The normalized spacial score (nSPS) is 24.1. The van der Waals surface area contributed by atoms with Gasteiger partial charge in [-0.25, -0.2) is 0 Å². The fourth-order valence-corrected chi connectivity index (χ4v) is 4.79. The molecule has 0 saturated carbocycles. The maximum Gasteiger partial charge on any atom is 0.224 e. The van der Waals surface area contributed by atoms with Crippen LogP contribution in [0.3, 0.4) is 0 Å². The number of piperidine rings is 1. The van der Waals surface area contributed by atoms with Crippen molar-refractivity contribution in [3.63, 3.8) is 0 Å². The van der Waals surface area contributed by atoms with Crippen LogP contribution in [0.2, 0.25) is 0 Å². The van der Waals surface area contributed by atoms with Crippen LogP contribution in [0, 0.1) is 0 Å². The van der Waals surface area contributed by atoms with Gasteiger partial charge in [0.05, 0.1) is 0 Å². The largest absolute Gasteiger partial charge is 0.369 e. The molecule has 0 aliphatic carbocycles. The van der Waals surface area contributed by atoms with Gasteiger partial charge < -0.3 is 14.7 Å². The average molecular weight is 385 g/mol. The molecule has 1 aromatic rings. The summed E-state index contributed by atoms with van der Waals surface area (Å²) in [6.07, 6.45) is 4.32. The summed E-state index contributed by atoms with van der Waals surface area (Å²) in [7, 11) is 0. The molecule has 3 fully saturated rings. The van der Waals surface area contributed by atoms with Crippen molar-refractivity contribution in [2.45, 2.75) is 38.1 Å². The zero-order valence-corrected chi connectivity index (χ0v) is 16.8. The van der Waals surface area contributed by atoms with Crippen molar-refractivity contribution in [3.05, 3.63) is 30.3 Å². The molecule has 4 rings (SSSR count). The molecule has 0 aromatic heterocycles. The van der Waals surface area contributed by atoms with Gasteiger partial charge in [0.15, 0.2) is 0 Å². The van der Waals surface area contributed by atoms with Gasteiger partial charge in [0, 0.05) is 76.9 Å². The highest BCUT2D eigenvalue weighted by Gasteiger charge is 2.30. The highest BCUT2D eigenvalue weighted by Crippen LogP contribution is 2.21.